The van der Waals surface area contributed by atoms with Crippen LogP contribution in [0.1, 0.15) is 72.1 Å². The zero-order chi connectivity index (χ0) is 17.3. The minimum absolute atomic E-state index is 0.109. The lowest BCUT2D eigenvalue weighted by Gasteiger charge is -2.57. The highest BCUT2D eigenvalue weighted by Crippen LogP contribution is 2.65. The molecule has 0 amide bonds. The van der Waals surface area contributed by atoms with Crippen LogP contribution in [0.25, 0.3) is 0 Å². The van der Waals surface area contributed by atoms with Gasteiger partial charge in [0, 0.05) is 0 Å². The van der Waals surface area contributed by atoms with Crippen LogP contribution in [-0.2, 0) is 0 Å². The summed E-state index contributed by atoms with van der Waals surface area (Å²) in [5.74, 6) is 3.25. The van der Waals surface area contributed by atoms with Crippen LogP contribution in [0.2, 0.25) is 0 Å². The molecule has 4 rings (SSSR count). The van der Waals surface area contributed by atoms with Gasteiger partial charge in [0.25, 0.3) is 0 Å². The fourth-order valence-electron chi connectivity index (χ4n) is 7.81. The predicted molar refractivity (Wildman–Crippen MR) is 96.3 cm³/mol. The van der Waals surface area contributed by atoms with Crippen molar-refractivity contribution in [2.75, 3.05) is 0 Å². The monoisotopic (exact) mass is 334 g/mol. The number of hydrogen-bond acceptors (Lipinski definition) is 1. The van der Waals surface area contributed by atoms with Gasteiger partial charge in [-0.2, -0.15) is 0 Å². The average molecular weight is 335 g/mol. The quantitative estimate of drug-likeness (QED) is 0.625. The fraction of sp³-hybridized carbons (Fsp3) is 0.909. The standard InChI is InChI=1S/C22H35FO/c1-13(2)18-5-6-19-16-11-20(23)17-12-21(3,24)9-7-15(17)14(16)8-10-22(18,19)4/h14-20,24H,1,5-12H2,2-4H3/t14-,15-,16-,17-,18-,19+,20-,21+,22-/m1/s1. The Kier molecular flexibility index (Phi) is 3.95. The highest BCUT2D eigenvalue weighted by molar-refractivity contribution is 5.14. The lowest BCUT2D eigenvalue weighted by atomic mass is 9.48. The van der Waals surface area contributed by atoms with Crippen LogP contribution in [0.3, 0.4) is 0 Å². The first-order valence-electron chi connectivity index (χ1n) is 10.2. The van der Waals surface area contributed by atoms with Gasteiger partial charge >= 0.3 is 0 Å². The van der Waals surface area contributed by atoms with E-state index in [9.17, 15) is 5.11 Å². The first-order valence-corrected chi connectivity index (χ1v) is 10.2. The lowest BCUT2D eigenvalue weighted by Crippen LogP contribution is -2.53. The van der Waals surface area contributed by atoms with Crippen LogP contribution in [0.5, 0.6) is 0 Å². The van der Waals surface area contributed by atoms with Gasteiger partial charge in [-0.25, -0.2) is 4.39 Å². The second-order valence-corrected chi connectivity index (χ2v) is 10.3. The summed E-state index contributed by atoms with van der Waals surface area (Å²) in [5.41, 5.74) is 1.07. The number of halogens is 1. The van der Waals surface area contributed by atoms with Crippen LogP contribution in [0.4, 0.5) is 4.39 Å². The molecule has 4 aliphatic carbocycles. The second kappa shape index (κ2) is 5.56. The van der Waals surface area contributed by atoms with Gasteiger partial charge in [-0.3, -0.25) is 0 Å². The number of fused-ring (bicyclic) bond motifs is 5. The molecule has 0 heterocycles. The summed E-state index contributed by atoms with van der Waals surface area (Å²) in [6.45, 7) is 10.9. The molecule has 0 spiro atoms. The SMILES string of the molecule is C=C(C)[C@H]1CC[C@H]2[C@@H]3C[C@@H](F)[C@@H]4C[C@@](C)(O)CC[C@@H]4[C@H]3CC[C@]12C. The molecule has 2 heteroatoms. The molecule has 4 fully saturated rings. The van der Waals surface area contributed by atoms with Crippen LogP contribution < -0.4 is 0 Å². The van der Waals surface area contributed by atoms with E-state index in [1.165, 1.54) is 31.3 Å². The second-order valence-electron chi connectivity index (χ2n) is 10.3. The Bertz CT molecular complexity index is 526. The summed E-state index contributed by atoms with van der Waals surface area (Å²) in [6.07, 6.45) is 7.74. The van der Waals surface area contributed by atoms with E-state index in [-0.39, 0.29) is 5.92 Å². The minimum Gasteiger partial charge on any atom is -0.390 e. The van der Waals surface area contributed by atoms with E-state index in [0.717, 1.165) is 19.3 Å². The van der Waals surface area contributed by atoms with Crippen molar-refractivity contribution in [1.29, 1.82) is 0 Å². The number of rotatable bonds is 1. The normalized spacial score (nSPS) is 57.0. The van der Waals surface area contributed by atoms with Crippen molar-refractivity contribution in [3.8, 4) is 0 Å². The van der Waals surface area contributed by atoms with Gasteiger partial charge in [0.05, 0.1) is 5.60 Å². The fourth-order valence-corrected chi connectivity index (χ4v) is 7.81. The maximum Gasteiger partial charge on any atom is 0.104 e. The minimum atomic E-state index is -0.700. The largest absolute Gasteiger partial charge is 0.390 e. The van der Waals surface area contributed by atoms with Gasteiger partial charge < -0.3 is 5.11 Å². The number of aliphatic hydroxyl groups is 1. The maximum absolute atomic E-state index is 15.1. The van der Waals surface area contributed by atoms with Crippen molar-refractivity contribution in [1.82, 2.24) is 0 Å². The molecule has 0 bridgehead atoms. The zero-order valence-electron chi connectivity index (χ0n) is 15.7. The van der Waals surface area contributed by atoms with E-state index < -0.39 is 11.8 Å². The van der Waals surface area contributed by atoms with E-state index in [1.807, 2.05) is 6.92 Å². The molecule has 0 unspecified atom stereocenters. The average Bonchev–Trinajstić information content (AvgIpc) is 2.85. The third kappa shape index (κ3) is 2.42. The van der Waals surface area contributed by atoms with Crippen molar-refractivity contribution in [3.63, 3.8) is 0 Å². The Morgan fingerprint density at radius 3 is 2.38 bits per heavy atom. The van der Waals surface area contributed by atoms with E-state index in [1.54, 1.807) is 0 Å². The molecule has 0 aromatic rings. The molecule has 0 radical (unpaired) electrons. The molecule has 9 atom stereocenters. The first kappa shape index (κ1) is 17.1. The van der Waals surface area contributed by atoms with Crippen molar-refractivity contribution in [3.05, 3.63) is 12.2 Å². The highest BCUT2D eigenvalue weighted by atomic mass is 19.1. The summed E-state index contributed by atoms with van der Waals surface area (Å²) in [7, 11) is 0. The van der Waals surface area contributed by atoms with Crippen molar-refractivity contribution in [2.45, 2.75) is 83.9 Å². The molecule has 0 aromatic heterocycles. The highest BCUT2D eigenvalue weighted by Gasteiger charge is 2.59. The van der Waals surface area contributed by atoms with Gasteiger partial charge in [0.15, 0.2) is 0 Å². The maximum atomic E-state index is 15.1. The number of hydrogen-bond donors (Lipinski definition) is 1. The molecule has 136 valence electrons. The van der Waals surface area contributed by atoms with Gasteiger partial charge in [-0.1, -0.05) is 19.1 Å². The predicted octanol–water partition coefficient (Wildman–Crippen LogP) is 5.53. The molecule has 0 aliphatic heterocycles. The smallest absolute Gasteiger partial charge is 0.104 e. The summed E-state index contributed by atoms with van der Waals surface area (Å²) in [5, 5.41) is 10.4. The zero-order valence-corrected chi connectivity index (χ0v) is 15.7. The molecular formula is C22H35FO. The van der Waals surface area contributed by atoms with Crippen molar-refractivity contribution in [2.24, 2.45) is 40.9 Å². The molecular weight excluding hydrogens is 299 g/mol. The molecule has 4 aliphatic rings. The summed E-state index contributed by atoms with van der Waals surface area (Å²) in [4.78, 5) is 0. The van der Waals surface area contributed by atoms with Crippen molar-refractivity contribution < 1.29 is 9.50 Å². The van der Waals surface area contributed by atoms with Gasteiger partial charge in [-0.15, -0.1) is 0 Å². The van der Waals surface area contributed by atoms with Crippen molar-refractivity contribution >= 4 is 0 Å². The van der Waals surface area contributed by atoms with Crippen LogP contribution in [0, 0.1) is 40.9 Å². The van der Waals surface area contributed by atoms with Gasteiger partial charge in [0.2, 0.25) is 0 Å². The van der Waals surface area contributed by atoms with E-state index in [4.69, 9.17) is 0 Å². The molecule has 0 aromatic carbocycles. The van der Waals surface area contributed by atoms with E-state index >= 15 is 4.39 Å². The van der Waals surface area contributed by atoms with E-state index in [2.05, 4.69) is 20.4 Å². The Balaban J connectivity index is 1.60. The Labute approximate surface area is 147 Å². The molecule has 24 heavy (non-hydrogen) atoms. The molecule has 0 saturated heterocycles. The van der Waals surface area contributed by atoms with Gasteiger partial charge in [-0.05, 0) is 106 Å². The third-order valence-corrected chi connectivity index (χ3v) is 8.84. The molecule has 1 nitrogen and oxygen atoms in total. The Morgan fingerprint density at radius 2 is 1.67 bits per heavy atom. The van der Waals surface area contributed by atoms with Crippen LogP contribution in [-0.4, -0.2) is 16.9 Å². The Morgan fingerprint density at radius 1 is 1.00 bits per heavy atom. The number of alkyl halides is 1. The molecule has 1 N–H and O–H groups in total. The Hall–Kier alpha value is -0.370. The summed E-state index contributed by atoms with van der Waals surface area (Å²) < 4.78 is 15.1. The van der Waals surface area contributed by atoms with Crippen LogP contribution in [0.15, 0.2) is 12.2 Å². The summed E-state index contributed by atoms with van der Waals surface area (Å²) in [6, 6.07) is 0. The van der Waals surface area contributed by atoms with E-state index in [0.29, 0.717) is 41.4 Å². The van der Waals surface area contributed by atoms with Crippen LogP contribution >= 0.6 is 0 Å². The number of allylic oxidation sites excluding steroid dienone is 1. The summed E-state index contributed by atoms with van der Waals surface area (Å²) >= 11 is 0. The lowest BCUT2D eigenvalue weighted by molar-refractivity contribution is -0.125. The van der Waals surface area contributed by atoms with Gasteiger partial charge in [0.1, 0.15) is 6.17 Å². The molecule has 4 saturated carbocycles. The third-order valence-electron chi connectivity index (χ3n) is 8.84. The first-order chi connectivity index (χ1) is 11.2. The topological polar surface area (TPSA) is 20.2 Å².